The molecule has 116 valence electrons. The van der Waals surface area contributed by atoms with Gasteiger partial charge >= 0.3 is 0 Å². The first-order chi connectivity index (χ1) is 10.2. The van der Waals surface area contributed by atoms with Crippen LogP contribution in [-0.2, 0) is 9.59 Å². The lowest BCUT2D eigenvalue weighted by molar-refractivity contribution is -0.166. The molecule has 3 saturated carbocycles. The van der Waals surface area contributed by atoms with E-state index in [-0.39, 0.29) is 11.8 Å². The molecule has 1 saturated heterocycles. The van der Waals surface area contributed by atoms with Gasteiger partial charge in [-0.1, -0.05) is 38.5 Å². The Labute approximate surface area is 126 Å². The number of nitrogens with zero attached hydrogens (tertiary/aromatic N) is 1. The van der Waals surface area contributed by atoms with Crippen molar-refractivity contribution >= 4 is 11.8 Å². The lowest BCUT2D eigenvalue weighted by atomic mass is 9.81. The molecule has 1 aliphatic heterocycles. The third-order valence-corrected chi connectivity index (χ3v) is 6.44. The average Bonchev–Trinajstić information content (AvgIpc) is 3.20. The summed E-state index contributed by atoms with van der Waals surface area (Å²) in [5.41, 5.74) is -1.05. The molecule has 21 heavy (non-hydrogen) atoms. The van der Waals surface area contributed by atoms with Gasteiger partial charge in [-0.15, -0.1) is 0 Å². The highest BCUT2D eigenvalue weighted by Gasteiger charge is 2.61. The second-order valence-corrected chi connectivity index (χ2v) is 7.60. The van der Waals surface area contributed by atoms with Crippen LogP contribution in [0, 0.1) is 0 Å². The highest BCUT2D eigenvalue weighted by molar-refractivity contribution is 6.03. The predicted octanol–water partition coefficient (Wildman–Crippen LogP) is 2.51. The summed E-state index contributed by atoms with van der Waals surface area (Å²) in [6.07, 6.45) is 12.3. The van der Waals surface area contributed by atoms with E-state index in [0.29, 0.717) is 6.04 Å². The van der Waals surface area contributed by atoms with E-state index in [9.17, 15) is 9.59 Å². The van der Waals surface area contributed by atoms with Crippen molar-refractivity contribution in [2.24, 2.45) is 0 Å². The molecule has 4 fully saturated rings. The van der Waals surface area contributed by atoms with Crippen LogP contribution in [0.2, 0.25) is 0 Å². The molecule has 4 heteroatoms. The first kappa shape index (κ1) is 13.6. The smallest absolute Gasteiger partial charge is 0.249 e. The Kier molecular flexibility index (Phi) is 3.05. The fourth-order valence-corrected chi connectivity index (χ4v) is 5.34. The van der Waals surface area contributed by atoms with Crippen molar-refractivity contribution in [2.75, 3.05) is 0 Å². The normalized spacial score (nSPS) is 31.5. The van der Waals surface area contributed by atoms with Crippen molar-refractivity contribution in [3.8, 4) is 0 Å². The van der Waals surface area contributed by atoms with Crippen LogP contribution < -0.4 is 5.32 Å². The maximum absolute atomic E-state index is 13.4. The molecule has 0 aromatic carbocycles. The maximum Gasteiger partial charge on any atom is 0.249 e. The van der Waals surface area contributed by atoms with Crippen LogP contribution in [0.4, 0.5) is 0 Å². The van der Waals surface area contributed by atoms with Crippen molar-refractivity contribution in [1.82, 2.24) is 10.2 Å². The zero-order valence-electron chi connectivity index (χ0n) is 12.8. The van der Waals surface area contributed by atoms with Gasteiger partial charge in [0.2, 0.25) is 11.8 Å². The molecule has 0 atom stereocenters. The van der Waals surface area contributed by atoms with Gasteiger partial charge in [0, 0.05) is 6.04 Å². The van der Waals surface area contributed by atoms with Crippen LogP contribution >= 0.6 is 0 Å². The highest BCUT2D eigenvalue weighted by Crippen LogP contribution is 2.46. The summed E-state index contributed by atoms with van der Waals surface area (Å²) in [5, 5.41) is 3.20. The van der Waals surface area contributed by atoms with Crippen LogP contribution in [0.1, 0.15) is 77.0 Å². The Morgan fingerprint density at radius 2 is 1.43 bits per heavy atom. The quantitative estimate of drug-likeness (QED) is 0.806. The van der Waals surface area contributed by atoms with E-state index in [1.165, 1.54) is 12.8 Å². The first-order valence-corrected chi connectivity index (χ1v) is 8.84. The van der Waals surface area contributed by atoms with Crippen LogP contribution in [0.15, 0.2) is 0 Å². The zero-order valence-corrected chi connectivity index (χ0v) is 12.8. The van der Waals surface area contributed by atoms with Crippen molar-refractivity contribution < 1.29 is 9.59 Å². The summed E-state index contributed by atoms with van der Waals surface area (Å²) >= 11 is 0. The Bertz CT molecular complexity index is 455. The Hall–Kier alpha value is -1.06. The summed E-state index contributed by atoms with van der Waals surface area (Å²) in [5.74, 6) is 0.418. The minimum Gasteiger partial charge on any atom is -0.340 e. The molecular weight excluding hydrogens is 264 g/mol. The number of hydrogen-bond acceptors (Lipinski definition) is 2. The van der Waals surface area contributed by atoms with Gasteiger partial charge in [-0.05, 0) is 38.5 Å². The third kappa shape index (κ3) is 1.80. The zero-order chi connectivity index (χ0) is 14.5. The Morgan fingerprint density at radius 1 is 0.857 bits per heavy atom. The molecular formula is C17H26N2O2. The molecule has 4 rings (SSSR count). The van der Waals surface area contributed by atoms with E-state index in [0.717, 1.165) is 64.2 Å². The molecule has 2 amide bonds. The van der Waals surface area contributed by atoms with E-state index >= 15 is 0 Å². The van der Waals surface area contributed by atoms with Gasteiger partial charge in [-0.2, -0.15) is 0 Å². The van der Waals surface area contributed by atoms with Crippen LogP contribution in [0.25, 0.3) is 0 Å². The summed E-state index contributed by atoms with van der Waals surface area (Å²) in [4.78, 5) is 28.4. The van der Waals surface area contributed by atoms with E-state index in [2.05, 4.69) is 10.2 Å². The topological polar surface area (TPSA) is 49.4 Å². The van der Waals surface area contributed by atoms with E-state index < -0.39 is 11.1 Å². The lowest BCUT2D eigenvalue weighted by Gasteiger charge is -2.53. The summed E-state index contributed by atoms with van der Waals surface area (Å²) in [7, 11) is 0. The molecule has 1 N–H and O–H groups in total. The van der Waals surface area contributed by atoms with Gasteiger partial charge in [0.1, 0.15) is 11.1 Å². The second-order valence-electron chi connectivity index (χ2n) is 7.60. The van der Waals surface area contributed by atoms with E-state index in [4.69, 9.17) is 0 Å². The lowest BCUT2D eigenvalue weighted by Crippen LogP contribution is -2.76. The number of carbonyl (C=O) groups excluding carboxylic acids is 2. The monoisotopic (exact) mass is 290 g/mol. The first-order valence-electron chi connectivity index (χ1n) is 8.84. The minimum atomic E-state index is -0.548. The number of hydrogen-bond donors (Lipinski definition) is 1. The molecule has 0 radical (unpaired) electrons. The van der Waals surface area contributed by atoms with Crippen LogP contribution in [0.5, 0.6) is 0 Å². The largest absolute Gasteiger partial charge is 0.340 e. The Morgan fingerprint density at radius 3 is 2.05 bits per heavy atom. The SMILES string of the molecule is O=C1N(C2CCCC2)C2(CCCC2)C(=O)NC12CCCC2. The minimum absolute atomic E-state index is 0.161. The average molecular weight is 290 g/mol. The molecule has 4 aliphatic rings. The third-order valence-electron chi connectivity index (χ3n) is 6.44. The summed E-state index contributed by atoms with van der Waals surface area (Å²) in [6, 6.07) is 0.319. The van der Waals surface area contributed by atoms with E-state index in [1.807, 2.05) is 0 Å². The molecule has 0 unspecified atom stereocenters. The number of rotatable bonds is 1. The van der Waals surface area contributed by atoms with Gasteiger partial charge in [-0.3, -0.25) is 9.59 Å². The fourth-order valence-electron chi connectivity index (χ4n) is 5.34. The second kappa shape index (κ2) is 4.72. The van der Waals surface area contributed by atoms with Crippen molar-refractivity contribution in [1.29, 1.82) is 0 Å². The Balaban J connectivity index is 1.74. The molecule has 4 nitrogen and oxygen atoms in total. The fraction of sp³-hybridized carbons (Fsp3) is 0.882. The standard InChI is InChI=1S/C17H26N2O2/c20-14-17(11-5-6-12-17)19(13-7-1-2-8-13)15(21)16(18-14)9-3-4-10-16/h13H,1-12H2,(H,18,20). The van der Waals surface area contributed by atoms with Gasteiger partial charge in [-0.25, -0.2) is 0 Å². The molecule has 1 heterocycles. The molecule has 2 spiro atoms. The van der Waals surface area contributed by atoms with Gasteiger partial charge in [0.05, 0.1) is 0 Å². The predicted molar refractivity (Wildman–Crippen MR) is 79.6 cm³/mol. The summed E-state index contributed by atoms with van der Waals surface area (Å²) < 4.78 is 0. The molecule has 0 aromatic heterocycles. The van der Waals surface area contributed by atoms with Crippen molar-refractivity contribution in [2.45, 2.75) is 94.2 Å². The van der Waals surface area contributed by atoms with E-state index in [1.54, 1.807) is 0 Å². The maximum atomic E-state index is 13.4. The number of amides is 2. The molecule has 3 aliphatic carbocycles. The molecule has 0 aromatic rings. The van der Waals surface area contributed by atoms with Crippen LogP contribution in [0.3, 0.4) is 0 Å². The highest BCUT2D eigenvalue weighted by atomic mass is 16.2. The van der Waals surface area contributed by atoms with Gasteiger partial charge in [0.25, 0.3) is 0 Å². The molecule has 0 bridgehead atoms. The van der Waals surface area contributed by atoms with Crippen LogP contribution in [-0.4, -0.2) is 33.8 Å². The summed E-state index contributed by atoms with van der Waals surface area (Å²) in [6.45, 7) is 0. The number of piperazine rings is 1. The van der Waals surface area contributed by atoms with Gasteiger partial charge < -0.3 is 10.2 Å². The van der Waals surface area contributed by atoms with Crippen molar-refractivity contribution in [3.63, 3.8) is 0 Å². The van der Waals surface area contributed by atoms with Crippen molar-refractivity contribution in [3.05, 3.63) is 0 Å². The van der Waals surface area contributed by atoms with Gasteiger partial charge in [0.15, 0.2) is 0 Å². The number of carbonyl (C=O) groups is 2. The number of nitrogens with one attached hydrogen (secondary N) is 1.